The molecule has 8 nitrogen and oxygen atoms in total. The number of carboxylic acid groups (broad SMARTS) is 2. The summed E-state index contributed by atoms with van der Waals surface area (Å²) in [5, 5.41) is 20.1. The van der Waals surface area contributed by atoms with Gasteiger partial charge in [0.15, 0.2) is 0 Å². The number of nitrogens with one attached hydrogen (secondary N) is 1. The average Bonchev–Trinajstić information content (AvgIpc) is 2.42. The lowest BCUT2D eigenvalue weighted by Crippen LogP contribution is -2.41. The summed E-state index contributed by atoms with van der Waals surface area (Å²) >= 11 is 0. The molecule has 5 N–H and O–H groups in total. The van der Waals surface area contributed by atoms with Crippen molar-refractivity contribution in [3.63, 3.8) is 0 Å². The minimum absolute atomic E-state index is 0.157. The predicted molar refractivity (Wildman–Crippen MR) is 70.7 cm³/mol. The number of rotatable bonds is 7. The highest BCUT2D eigenvalue weighted by Gasteiger charge is 2.23. The molecule has 0 aliphatic carbocycles. The van der Waals surface area contributed by atoms with E-state index in [0.29, 0.717) is 0 Å². The molecule has 0 bridgehead atoms. The van der Waals surface area contributed by atoms with Crippen LogP contribution in [-0.2, 0) is 9.59 Å². The van der Waals surface area contributed by atoms with Crippen LogP contribution in [0.25, 0.3) is 0 Å². The molecule has 2 amide bonds. The van der Waals surface area contributed by atoms with Gasteiger partial charge in [0.05, 0.1) is 11.1 Å². The molecule has 0 heterocycles. The van der Waals surface area contributed by atoms with E-state index in [2.05, 4.69) is 5.32 Å². The first-order chi connectivity index (χ1) is 9.82. The summed E-state index contributed by atoms with van der Waals surface area (Å²) in [6.07, 6.45) is -0.385. The van der Waals surface area contributed by atoms with Crippen molar-refractivity contribution >= 4 is 23.8 Å². The molecule has 0 spiro atoms. The van der Waals surface area contributed by atoms with Crippen LogP contribution in [0.15, 0.2) is 24.3 Å². The van der Waals surface area contributed by atoms with Crippen molar-refractivity contribution in [1.29, 1.82) is 0 Å². The second kappa shape index (κ2) is 7.04. The van der Waals surface area contributed by atoms with E-state index in [1.54, 1.807) is 0 Å². The fourth-order valence-corrected chi connectivity index (χ4v) is 1.65. The number of primary amides is 1. The Labute approximate surface area is 119 Å². The molecule has 0 aliphatic rings. The quantitative estimate of drug-likeness (QED) is 0.549. The molecule has 1 rings (SSSR count). The van der Waals surface area contributed by atoms with Gasteiger partial charge >= 0.3 is 11.9 Å². The first-order valence-corrected chi connectivity index (χ1v) is 5.97. The maximum Gasteiger partial charge on any atom is 0.336 e. The first kappa shape index (κ1) is 16.2. The van der Waals surface area contributed by atoms with Gasteiger partial charge in [0.25, 0.3) is 5.91 Å². The van der Waals surface area contributed by atoms with E-state index in [1.807, 2.05) is 0 Å². The van der Waals surface area contributed by atoms with Crippen LogP contribution in [0.4, 0.5) is 0 Å². The molecule has 1 unspecified atom stereocenters. The number of hydrogen-bond acceptors (Lipinski definition) is 4. The Balaban J connectivity index is 2.90. The number of nitrogens with two attached hydrogens (primary N) is 1. The van der Waals surface area contributed by atoms with Crippen LogP contribution in [0, 0.1) is 0 Å². The SMILES string of the molecule is NC(=O)CCC(NC(=O)c1ccccc1C(=O)O)C(=O)O. The van der Waals surface area contributed by atoms with E-state index in [1.165, 1.54) is 24.3 Å². The maximum atomic E-state index is 12.0. The van der Waals surface area contributed by atoms with Crippen molar-refractivity contribution in [2.24, 2.45) is 5.73 Å². The smallest absolute Gasteiger partial charge is 0.336 e. The van der Waals surface area contributed by atoms with Crippen LogP contribution in [-0.4, -0.2) is 40.0 Å². The Kier molecular flexibility index (Phi) is 5.41. The van der Waals surface area contributed by atoms with E-state index in [-0.39, 0.29) is 24.0 Å². The minimum atomic E-state index is -1.34. The molecule has 0 aromatic heterocycles. The fraction of sp³-hybridized carbons (Fsp3) is 0.231. The zero-order valence-electron chi connectivity index (χ0n) is 10.9. The van der Waals surface area contributed by atoms with Crippen LogP contribution < -0.4 is 11.1 Å². The lowest BCUT2D eigenvalue weighted by Gasteiger charge is -2.14. The van der Waals surface area contributed by atoms with Gasteiger partial charge in [-0.05, 0) is 18.6 Å². The summed E-state index contributed by atoms with van der Waals surface area (Å²) < 4.78 is 0. The minimum Gasteiger partial charge on any atom is -0.480 e. The molecule has 0 saturated heterocycles. The van der Waals surface area contributed by atoms with E-state index in [9.17, 15) is 19.2 Å². The molecular formula is C13H14N2O6. The zero-order chi connectivity index (χ0) is 16.0. The molecule has 1 aromatic carbocycles. The standard InChI is InChI=1S/C13H14N2O6/c14-10(16)6-5-9(13(20)21)15-11(17)7-3-1-2-4-8(7)12(18)19/h1-4,9H,5-6H2,(H2,14,16)(H,15,17)(H,18,19)(H,20,21). The van der Waals surface area contributed by atoms with Crippen molar-refractivity contribution < 1.29 is 29.4 Å². The van der Waals surface area contributed by atoms with Gasteiger partial charge in [-0.3, -0.25) is 9.59 Å². The Morgan fingerprint density at radius 1 is 1.10 bits per heavy atom. The highest BCUT2D eigenvalue weighted by Crippen LogP contribution is 2.10. The largest absolute Gasteiger partial charge is 0.480 e. The highest BCUT2D eigenvalue weighted by atomic mass is 16.4. The number of aliphatic carboxylic acids is 1. The molecule has 0 radical (unpaired) electrons. The number of amides is 2. The molecule has 1 atom stereocenters. The summed E-state index contributed by atoms with van der Waals surface area (Å²) in [7, 11) is 0. The molecule has 0 aliphatic heterocycles. The second-order valence-corrected chi connectivity index (χ2v) is 4.22. The van der Waals surface area contributed by atoms with Crippen LogP contribution in [0.1, 0.15) is 33.6 Å². The van der Waals surface area contributed by atoms with Gasteiger partial charge in [-0.25, -0.2) is 9.59 Å². The average molecular weight is 294 g/mol. The number of carboxylic acids is 2. The monoisotopic (exact) mass is 294 g/mol. The Morgan fingerprint density at radius 2 is 1.67 bits per heavy atom. The normalized spacial score (nSPS) is 11.4. The van der Waals surface area contributed by atoms with Crippen LogP contribution in [0.2, 0.25) is 0 Å². The number of carbonyl (C=O) groups excluding carboxylic acids is 2. The van der Waals surface area contributed by atoms with E-state index >= 15 is 0 Å². The van der Waals surface area contributed by atoms with Crippen molar-refractivity contribution in [1.82, 2.24) is 5.32 Å². The Morgan fingerprint density at radius 3 is 2.14 bits per heavy atom. The van der Waals surface area contributed by atoms with Gasteiger partial charge in [-0.1, -0.05) is 12.1 Å². The van der Waals surface area contributed by atoms with E-state index in [4.69, 9.17) is 15.9 Å². The third kappa shape index (κ3) is 4.60. The molecule has 8 heteroatoms. The maximum absolute atomic E-state index is 12.0. The summed E-state index contributed by atoms with van der Waals surface area (Å²) in [6, 6.07) is 4.08. The Bertz CT molecular complexity index is 584. The van der Waals surface area contributed by atoms with Crippen LogP contribution in [0.5, 0.6) is 0 Å². The van der Waals surface area contributed by atoms with E-state index < -0.39 is 29.8 Å². The van der Waals surface area contributed by atoms with Crippen molar-refractivity contribution in [2.45, 2.75) is 18.9 Å². The number of hydrogen-bond donors (Lipinski definition) is 4. The topological polar surface area (TPSA) is 147 Å². The highest BCUT2D eigenvalue weighted by molar-refractivity contribution is 6.05. The first-order valence-electron chi connectivity index (χ1n) is 5.97. The van der Waals surface area contributed by atoms with Gasteiger partial charge in [0.2, 0.25) is 5.91 Å². The van der Waals surface area contributed by atoms with Crippen LogP contribution >= 0.6 is 0 Å². The van der Waals surface area contributed by atoms with Gasteiger partial charge in [-0.2, -0.15) is 0 Å². The van der Waals surface area contributed by atoms with E-state index in [0.717, 1.165) is 0 Å². The fourth-order valence-electron chi connectivity index (χ4n) is 1.65. The molecule has 0 saturated carbocycles. The zero-order valence-corrected chi connectivity index (χ0v) is 10.9. The van der Waals surface area contributed by atoms with Crippen molar-refractivity contribution in [2.75, 3.05) is 0 Å². The lowest BCUT2D eigenvalue weighted by atomic mass is 10.1. The molecular weight excluding hydrogens is 280 g/mol. The van der Waals surface area contributed by atoms with Gasteiger partial charge < -0.3 is 21.3 Å². The van der Waals surface area contributed by atoms with Gasteiger partial charge in [-0.15, -0.1) is 0 Å². The van der Waals surface area contributed by atoms with Gasteiger partial charge in [0, 0.05) is 6.42 Å². The second-order valence-electron chi connectivity index (χ2n) is 4.22. The Hall–Kier alpha value is -2.90. The molecule has 21 heavy (non-hydrogen) atoms. The van der Waals surface area contributed by atoms with Crippen molar-refractivity contribution in [3.05, 3.63) is 35.4 Å². The molecule has 0 fully saturated rings. The summed E-state index contributed by atoms with van der Waals surface area (Å²) in [5.74, 6) is -4.17. The van der Waals surface area contributed by atoms with Gasteiger partial charge in [0.1, 0.15) is 6.04 Å². The van der Waals surface area contributed by atoms with Crippen LogP contribution in [0.3, 0.4) is 0 Å². The number of carbonyl (C=O) groups is 4. The molecule has 1 aromatic rings. The predicted octanol–water partition coefficient (Wildman–Crippen LogP) is -0.167. The summed E-state index contributed by atoms with van der Waals surface area (Å²) in [5.41, 5.74) is 4.53. The van der Waals surface area contributed by atoms with Crippen molar-refractivity contribution in [3.8, 4) is 0 Å². The lowest BCUT2D eigenvalue weighted by molar-refractivity contribution is -0.139. The number of aromatic carboxylic acids is 1. The third-order valence-electron chi connectivity index (χ3n) is 2.68. The summed E-state index contributed by atoms with van der Waals surface area (Å²) in [4.78, 5) is 44.7. The molecule has 112 valence electrons. The third-order valence-corrected chi connectivity index (χ3v) is 2.68. The number of benzene rings is 1. The summed E-state index contributed by atoms with van der Waals surface area (Å²) in [6.45, 7) is 0.